The number of ketones is 1. The quantitative estimate of drug-likeness (QED) is 0.380. The average Bonchev–Trinajstić information content (AvgIpc) is 3.04. The van der Waals surface area contributed by atoms with Crippen molar-refractivity contribution in [3.05, 3.63) is 0 Å². The standard InChI is InChI=1S/C24H39N3O/c1-16-3-5-18-17(15-16)4-6-20-19(18)9-11-24(2)21(20)7-8-22(24)23(28)10-13-26-27-14-12-25/h12,14,16-22,25-26H,3-11,13,15H2,1-2H3/b25-12?,27-14-. The molecule has 8 unspecified atom stereocenters. The fourth-order valence-corrected chi connectivity index (χ4v) is 8.12. The van der Waals surface area contributed by atoms with Gasteiger partial charge in [0.2, 0.25) is 0 Å². The molecule has 0 bridgehead atoms. The van der Waals surface area contributed by atoms with Gasteiger partial charge in [0.25, 0.3) is 0 Å². The van der Waals surface area contributed by atoms with E-state index in [9.17, 15) is 4.79 Å². The first-order chi connectivity index (χ1) is 13.5. The van der Waals surface area contributed by atoms with Crippen LogP contribution in [0.5, 0.6) is 0 Å². The van der Waals surface area contributed by atoms with Gasteiger partial charge in [-0.15, -0.1) is 0 Å². The molecule has 0 radical (unpaired) electrons. The highest BCUT2D eigenvalue weighted by Gasteiger charge is 2.58. The van der Waals surface area contributed by atoms with Gasteiger partial charge in [-0.2, -0.15) is 5.10 Å². The van der Waals surface area contributed by atoms with Gasteiger partial charge in [0.05, 0.1) is 6.21 Å². The van der Waals surface area contributed by atoms with E-state index in [2.05, 4.69) is 24.4 Å². The molecule has 4 nitrogen and oxygen atoms in total. The number of hydrazone groups is 1. The minimum absolute atomic E-state index is 0.241. The molecule has 0 aromatic heterocycles. The van der Waals surface area contributed by atoms with Gasteiger partial charge in [-0.1, -0.05) is 20.3 Å². The van der Waals surface area contributed by atoms with E-state index >= 15 is 0 Å². The summed E-state index contributed by atoms with van der Waals surface area (Å²) >= 11 is 0. The first kappa shape index (κ1) is 20.1. The van der Waals surface area contributed by atoms with Crippen molar-refractivity contribution in [1.29, 1.82) is 5.41 Å². The summed E-state index contributed by atoms with van der Waals surface area (Å²) < 4.78 is 0. The van der Waals surface area contributed by atoms with E-state index in [4.69, 9.17) is 5.41 Å². The molecular weight excluding hydrogens is 346 g/mol. The van der Waals surface area contributed by atoms with E-state index in [0.29, 0.717) is 18.7 Å². The van der Waals surface area contributed by atoms with Crippen LogP contribution in [0.25, 0.3) is 0 Å². The van der Waals surface area contributed by atoms with Crippen LogP contribution in [-0.2, 0) is 4.79 Å². The van der Waals surface area contributed by atoms with Crippen molar-refractivity contribution in [2.75, 3.05) is 6.54 Å². The fraction of sp³-hybridized carbons (Fsp3) is 0.875. The van der Waals surface area contributed by atoms with Gasteiger partial charge >= 0.3 is 0 Å². The minimum atomic E-state index is 0.241. The lowest BCUT2D eigenvalue weighted by molar-refractivity contribution is -0.130. The van der Waals surface area contributed by atoms with Crippen LogP contribution in [0.3, 0.4) is 0 Å². The van der Waals surface area contributed by atoms with E-state index in [-0.39, 0.29) is 11.3 Å². The molecule has 0 aliphatic heterocycles. The number of carbonyl (C=O) groups is 1. The molecular formula is C24H39N3O. The molecule has 2 N–H and O–H groups in total. The first-order valence-electron chi connectivity index (χ1n) is 11.8. The molecule has 0 spiro atoms. The van der Waals surface area contributed by atoms with Gasteiger partial charge < -0.3 is 10.8 Å². The van der Waals surface area contributed by atoms with E-state index < -0.39 is 0 Å². The lowest BCUT2D eigenvalue weighted by atomic mass is 9.49. The Morgan fingerprint density at radius 1 is 1.11 bits per heavy atom. The largest absolute Gasteiger partial charge is 0.310 e. The zero-order chi connectivity index (χ0) is 19.7. The van der Waals surface area contributed by atoms with E-state index in [1.807, 2.05) is 0 Å². The molecule has 28 heavy (non-hydrogen) atoms. The topological polar surface area (TPSA) is 65.3 Å². The van der Waals surface area contributed by atoms with Crippen LogP contribution in [0.4, 0.5) is 0 Å². The van der Waals surface area contributed by atoms with Crippen molar-refractivity contribution < 1.29 is 4.79 Å². The van der Waals surface area contributed by atoms with Gasteiger partial charge in [-0.25, -0.2) is 0 Å². The van der Waals surface area contributed by atoms with Crippen molar-refractivity contribution in [3.63, 3.8) is 0 Å². The molecule has 0 aromatic rings. The molecule has 4 aliphatic carbocycles. The Morgan fingerprint density at radius 2 is 1.93 bits per heavy atom. The molecule has 4 rings (SSSR count). The van der Waals surface area contributed by atoms with E-state index in [1.54, 1.807) is 0 Å². The summed E-state index contributed by atoms with van der Waals surface area (Å²) in [6.07, 6.45) is 15.4. The summed E-state index contributed by atoms with van der Waals surface area (Å²) in [6.45, 7) is 5.51. The van der Waals surface area contributed by atoms with Gasteiger partial charge in [0, 0.05) is 25.1 Å². The summed E-state index contributed by atoms with van der Waals surface area (Å²) in [5.41, 5.74) is 3.14. The Kier molecular flexibility index (Phi) is 5.94. The smallest absolute Gasteiger partial charge is 0.138 e. The highest BCUT2D eigenvalue weighted by molar-refractivity contribution is 6.14. The summed E-state index contributed by atoms with van der Waals surface area (Å²) in [7, 11) is 0. The Morgan fingerprint density at radius 3 is 2.75 bits per heavy atom. The van der Waals surface area contributed by atoms with Gasteiger partial charge in [-0.3, -0.25) is 4.79 Å². The lowest BCUT2D eigenvalue weighted by Gasteiger charge is -2.56. The van der Waals surface area contributed by atoms with Crippen LogP contribution in [0, 0.1) is 52.2 Å². The van der Waals surface area contributed by atoms with Crippen LogP contribution in [0.15, 0.2) is 5.10 Å². The summed E-state index contributed by atoms with van der Waals surface area (Å²) in [5.74, 6) is 6.27. The van der Waals surface area contributed by atoms with Crippen LogP contribution in [0.1, 0.15) is 78.1 Å². The lowest BCUT2D eigenvalue weighted by Crippen LogP contribution is -2.49. The molecule has 4 aliphatic rings. The van der Waals surface area contributed by atoms with Crippen molar-refractivity contribution in [2.45, 2.75) is 78.1 Å². The number of carbonyl (C=O) groups excluding carboxylic acids is 1. The molecule has 0 heterocycles. The van der Waals surface area contributed by atoms with Crippen LogP contribution >= 0.6 is 0 Å². The third kappa shape index (κ3) is 3.57. The van der Waals surface area contributed by atoms with Crippen molar-refractivity contribution in [2.24, 2.45) is 51.9 Å². The number of Topliss-reactive ketones (excluding diaryl/α,β-unsaturated/α-hetero) is 1. The SMILES string of the molecule is CC1CCC2C(CCC3C2CCC2(C)C(C(=O)CCN/N=C\C=N)CCC32)C1. The Balaban J connectivity index is 1.40. The molecule has 0 amide bonds. The highest BCUT2D eigenvalue weighted by atomic mass is 16.1. The van der Waals surface area contributed by atoms with Gasteiger partial charge in [0.1, 0.15) is 5.78 Å². The third-order valence-electron chi connectivity index (χ3n) is 9.33. The van der Waals surface area contributed by atoms with E-state index in [0.717, 1.165) is 48.1 Å². The molecule has 0 aromatic carbocycles. The summed E-state index contributed by atoms with van der Waals surface area (Å²) in [6, 6.07) is 0. The number of rotatable bonds is 6. The molecule has 4 heteroatoms. The van der Waals surface area contributed by atoms with Crippen LogP contribution < -0.4 is 5.43 Å². The second-order valence-electron chi connectivity index (χ2n) is 10.6. The maximum Gasteiger partial charge on any atom is 0.138 e. The Labute approximate surface area is 170 Å². The van der Waals surface area contributed by atoms with Crippen molar-refractivity contribution in [1.82, 2.24) is 5.43 Å². The summed E-state index contributed by atoms with van der Waals surface area (Å²) in [4.78, 5) is 13.0. The molecule has 4 saturated carbocycles. The minimum Gasteiger partial charge on any atom is -0.310 e. The number of hydrogen-bond donors (Lipinski definition) is 2. The number of fused-ring (bicyclic) bond motifs is 5. The number of hydrogen-bond acceptors (Lipinski definition) is 4. The second kappa shape index (κ2) is 8.28. The summed E-state index contributed by atoms with van der Waals surface area (Å²) in [5, 5.41) is 10.9. The van der Waals surface area contributed by atoms with Gasteiger partial charge in [-0.05, 0) is 92.3 Å². The van der Waals surface area contributed by atoms with E-state index in [1.165, 1.54) is 57.6 Å². The van der Waals surface area contributed by atoms with Crippen LogP contribution in [0.2, 0.25) is 0 Å². The maximum atomic E-state index is 13.0. The van der Waals surface area contributed by atoms with Crippen molar-refractivity contribution in [3.8, 4) is 0 Å². The predicted molar refractivity (Wildman–Crippen MR) is 115 cm³/mol. The third-order valence-corrected chi connectivity index (χ3v) is 9.33. The second-order valence-corrected chi connectivity index (χ2v) is 10.6. The van der Waals surface area contributed by atoms with Crippen molar-refractivity contribution >= 4 is 18.2 Å². The molecule has 156 valence electrons. The number of nitrogens with one attached hydrogen (secondary N) is 2. The van der Waals surface area contributed by atoms with Gasteiger partial charge in [0.15, 0.2) is 0 Å². The van der Waals surface area contributed by atoms with Crippen LogP contribution in [-0.4, -0.2) is 24.8 Å². The molecule has 8 atom stereocenters. The maximum absolute atomic E-state index is 13.0. The first-order valence-corrected chi connectivity index (χ1v) is 11.8. The fourth-order valence-electron chi connectivity index (χ4n) is 8.12. The zero-order valence-corrected chi connectivity index (χ0v) is 17.8. The average molecular weight is 386 g/mol. The molecule has 4 fully saturated rings. The highest BCUT2D eigenvalue weighted by Crippen LogP contribution is 2.64. The normalized spacial score (nSPS) is 45.1. The Hall–Kier alpha value is -1.19. The predicted octanol–water partition coefficient (Wildman–Crippen LogP) is 5.08. The Bertz CT molecular complexity index is 617. The monoisotopic (exact) mass is 385 g/mol. The molecule has 0 saturated heterocycles. The number of nitrogens with zero attached hydrogens (tertiary/aromatic N) is 1. The zero-order valence-electron chi connectivity index (χ0n) is 17.8.